The Bertz CT molecular complexity index is 889. The molecule has 2 aliphatic heterocycles. The van der Waals surface area contributed by atoms with Crippen molar-refractivity contribution in [3.63, 3.8) is 0 Å². The number of piperazine rings is 1. The third-order valence-electron chi connectivity index (χ3n) is 6.31. The molecule has 4 atom stereocenters. The highest BCUT2D eigenvalue weighted by Crippen LogP contribution is 2.27. The second-order valence-electron chi connectivity index (χ2n) is 8.30. The van der Waals surface area contributed by atoms with E-state index in [1.54, 1.807) is 31.4 Å². The first-order valence-corrected chi connectivity index (χ1v) is 11.3. The van der Waals surface area contributed by atoms with Crippen LogP contribution in [0.2, 0.25) is 0 Å². The van der Waals surface area contributed by atoms with Crippen LogP contribution in [0.25, 0.3) is 0 Å². The zero-order valence-corrected chi connectivity index (χ0v) is 18.8. The molecule has 0 spiro atoms. The molecule has 9 nitrogen and oxygen atoms in total. The zero-order chi connectivity index (χ0) is 23.2. The number of hydrogen-bond donors (Lipinski definition) is 4. The van der Waals surface area contributed by atoms with E-state index in [0.717, 1.165) is 26.2 Å². The summed E-state index contributed by atoms with van der Waals surface area (Å²) in [5.41, 5.74) is 1.82. The van der Waals surface area contributed by atoms with Crippen molar-refractivity contribution in [2.75, 3.05) is 56.7 Å². The van der Waals surface area contributed by atoms with E-state index in [9.17, 15) is 15.0 Å². The van der Waals surface area contributed by atoms with Gasteiger partial charge >= 0.3 is 6.03 Å². The Morgan fingerprint density at radius 1 is 1.06 bits per heavy atom. The van der Waals surface area contributed by atoms with E-state index in [2.05, 4.69) is 32.6 Å². The summed E-state index contributed by atoms with van der Waals surface area (Å²) < 4.78 is 11.0. The summed E-state index contributed by atoms with van der Waals surface area (Å²) in [6.45, 7) is 3.12. The number of methoxy groups -OCH3 is 1. The smallest absolute Gasteiger partial charge is 0.319 e. The first kappa shape index (κ1) is 23.3. The average molecular weight is 457 g/mol. The quantitative estimate of drug-likeness (QED) is 0.495. The molecule has 0 aromatic heterocycles. The molecule has 0 aliphatic carbocycles. The summed E-state index contributed by atoms with van der Waals surface area (Å²) in [6, 6.07) is 16.6. The molecular weight excluding hydrogens is 424 g/mol. The van der Waals surface area contributed by atoms with Crippen LogP contribution in [0.15, 0.2) is 54.6 Å². The fraction of sp³-hybridized carbons (Fsp3) is 0.458. The fourth-order valence-electron chi connectivity index (χ4n) is 4.56. The lowest BCUT2D eigenvalue weighted by molar-refractivity contribution is -0.0205. The molecule has 4 N–H and O–H groups in total. The standard InChI is InChI=1S/C24H32N4O5/c1-32-19-9-7-17(8-10-19)26-24(31)25-15-20-22(23(30)21(16-29)33-20)28-13-11-27(12-14-28)18-5-3-2-4-6-18/h2-10,20-23,29-30H,11-16H2,1H3,(H2,25,26,31)/t20-,21+,22+,23-/m1/s1. The van der Waals surface area contributed by atoms with Crippen molar-refractivity contribution in [1.29, 1.82) is 0 Å². The topological polar surface area (TPSA) is 107 Å². The van der Waals surface area contributed by atoms with Crippen molar-refractivity contribution in [2.45, 2.75) is 24.4 Å². The van der Waals surface area contributed by atoms with E-state index in [1.165, 1.54) is 5.69 Å². The van der Waals surface area contributed by atoms with Gasteiger partial charge in [0.1, 0.15) is 18.0 Å². The van der Waals surface area contributed by atoms with Crippen molar-refractivity contribution in [2.24, 2.45) is 0 Å². The molecule has 2 aromatic carbocycles. The lowest BCUT2D eigenvalue weighted by Crippen LogP contribution is -2.57. The van der Waals surface area contributed by atoms with Crippen LogP contribution in [0.4, 0.5) is 16.2 Å². The molecule has 0 saturated carbocycles. The molecular formula is C24H32N4O5. The molecule has 33 heavy (non-hydrogen) atoms. The van der Waals surface area contributed by atoms with E-state index >= 15 is 0 Å². The van der Waals surface area contributed by atoms with E-state index < -0.39 is 18.3 Å². The van der Waals surface area contributed by atoms with E-state index in [-0.39, 0.29) is 25.2 Å². The Kier molecular flexibility index (Phi) is 7.66. The van der Waals surface area contributed by atoms with Gasteiger partial charge in [0, 0.05) is 44.1 Å². The van der Waals surface area contributed by atoms with Crippen LogP contribution in [0.1, 0.15) is 0 Å². The molecule has 0 unspecified atom stereocenters. The number of benzene rings is 2. The van der Waals surface area contributed by atoms with Gasteiger partial charge in [-0.3, -0.25) is 4.90 Å². The Hall–Kier alpha value is -2.85. The van der Waals surface area contributed by atoms with Gasteiger partial charge in [0.15, 0.2) is 0 Å². The molecule has 2 aliphatic rings. The molecule has 2 fully saturated rings. The number of carbonyl (C=O) groups excluding carboxylic acids is 1. The Morgan fingerprint density at radius 2 is 1.76 bits per heavy atom. The number of aliphatic hydroxyl groups is 2. The van der Waals surface area contributed by atoms with Gasteiger partial charge in [0.05, 0.1) is 25.9 Å². The Balaban J connectivity index is 1.33. The van der Waals surface area contributed by atoms with E-state index in [0.29, 0.717) is 11.4 Å². The number of anilines is 2. The third kappa shape index (κ3) is 5.56. The third-order valence-corrected chi connectivity index (χ3v) is 6.31. The highest BCUT2D eigenvalue weighted by Gasteiger charge is 2.46. The predicted molar refractivity (Wildman–Crippen MR) is 126 cm³/mol. The van der Waals surface area contributed by atoms with Crippen molar-refractivity contribution >= 4 is 17.4 Å². The minimum absolute atomic E-state index is 0.221. The maximum atomic E-state index is 12.4. The number of nitrogens with one attached hydrogen (secondary N) is 2. The van der Waals surface area contributed by atoms with E-state index in [1.807, 2.05) is 18.2 Å². The number of nitrogens with zero attached hydrogens (tertiary/aromatic N) is 2. The van der Waals surface area contributed by atoms with Gasteiger partial charge in [-0.1, -0.05) is 18.2 Å². The van der Waals surface area contributed by atoms with Crippen LogP contribution in [-0.4, -0.2) is 91.9 Å². The number of ether oxygens (including phenoxy) is 2. The monoisotopic (exact) mass is 456 g/mol. The van der Waals surface area contributed by atoms with Crippen LogP contribution in [0.3, 0.4) is 0 Å². The fourth-order valence-corrected chi connectivity index (χ4v) is 4.56. The number of para-hydroxylation sites is 1. The van der Waals surface area contributed by atoms with Gasteiger partial charge in [0.2, 0.25) is 0 Å². The molecule has 0 radical (unpaired) electrons. The second kappa shape index (κ2) is 10.8. The summed E-state index contributed by atoms with van der Waals surface area (Å²) in [5.74, 6) is 0.708. The van der Waals surface area contributed by atoms with Crippen LogP contribution in [0, 0.1) is 0 Å². The van der Waals surface area contributed by atoms with Crippen LogP contribution in [-0.2, 0) is 4.74 Å². The largest absolute Gasteiger partial charge is 0.497 e. The van der Waals surface area contributed by atoms with Crippen molar-refractivity contribution in [3.8, 4) is 5.75 Å². The van der Waals surface area contributed by atoms with Crippen molar-refractivity contribution in [3.05, 3.63) is 54.6 Å². The lowest BCUT2D eigenvalue weighted by Gasteiger charge is -2.41. The van der Waals surface area contributed by atoms with Gasteiger partial charge in [0.25, 0.3) is 0 Å². The minimum Gasteiger partial charge on any atom is -0.497 e. The van der Waals surface area contributed by atoms with Crippen LogP contribution in [0.5, 0.6) is 5.75 Å². The molecule has 4 rings (SSSR count). The number of carbonyl (C=O) groups is 1. The number of hydrogen-bond acceptors (Lipinski definition) is 7. The van der Waals surface area contributed by atoms with Gasteiger partial charge in [-0.15, -0.1) is 0 Å². The molecule has 178 valence electrons. The SMILES string of the molecule is COc1ccc(NC(=O)NC[C@H]2O[C@@H](CO)[C@@H](O)[C@H]2N2CCN(c3ccccc3)CC2)cc1. The summed E-state index contributed by atoms with van der Waals surface area (Å²) in [6.07, 6.45) is -1.92. The molecule has 0 bridgehead atoms. The Labute approximate surface area is 193 Å². The second-order valence-corrected chi connectivity index (χ2v) is 8.30. The maximum Gasteiger partial charge on any atom is 0.319 e. The molecule has 2 saturated heterocycles. The zero-order valence-electron chi connectivity index (χ0n) is 18.8. The molecule has 2 heterocycles. The summed E-state index contributed by atoms with van der Waals surface area (Å²) in [5, 5.41) is 26.1. The van der Waals surface area contributed by atoms with Gasteiger partial charge in [-0.25, -0.2) is 4.79 Å². The van der Waals surface area contributed by atoms with Gasteiger partial charge < -0.3 is 35.2 Å². The van der Waals surface area contributed by atoms with Crippen molar-refractivity contribution in [1.82, 2.24) is 10.2 Å². The summed E-state index contributed by atoms with van der Waals surface area (Å²) in [7, 11) is 1.59. The van der Waals surface area contributed by atoms with Crippen molar-refractivity contribution < 1.29 is 24.5 Å². The first-order valence-electron chi connectivity index (χ1n) is 11.3. The maximum absolute atomic E-state index is 12.4. The minimum atomic E-state index is -0.824. The highest BCUT2D eigenvalue weighted by molar-refractivity contribution is 5.89. The lowest BCUT2D eigenvalue weighted by atomic mass is 10.0. The Morgan fingerprint density at radius 3 is 2.39 bits per heavy atom. The molecule has 9 heteroatoms. The van der Waals surface area contributed by atoms with E-state index in [4.69, 9.17) is 9.47 Å². The number of aliphatic hydroxyl groups excluding tert-OH is 2. The number of rotatable bonds is 7. The molecule has 2 aromatic rings. The first-order chi connectivity index (χ1) is 16.1. The highest BCUT2D eigenvalue weighted by atomic mass is 16.5. The normalized spacial score (nSPS) is 25.6. The van der Waals surface area contributed by atoms with Gasteiger partial charge in [-0.2, -0.15) is 0 Å². The number of urea groups is 1. The van der Waals surface area contributed by atoms with Crippen LogP contribution < -0.4 is 20.3 Å². The molecule has 2 amide bonds. The average Bonchev–Trinajstić information content (AvgIpc) is 3.19. The summed E-state index contributed by atoms with van der Waals surface area (Å²) >= 11 is 0. The summed E-state index contributed by atoms with van der Waals surface area (Å²) in [4.78, 5) is 16.9. The van der Waals surface area contributed by atoms with Gasteiger partial charge in [-0.05, 0) is 36.4 Å². The predicted octanol–water partition coefficient (Wildman–Crippen LogP) is 1.13. The van der Waals surface area contributed by atoms with Crippen LogP contribution >= 0.6 is 0 Å². The number of amides is 2.